The summed E-state index contributed by atoms with van der Waals surface area (Å²) in [6.45, 7) is 3.02. The van der Waals surface area contributed by atoms with Crippen molar-refractivity contribution in [2.45, 2.75) is 38.9 Å². The van der Waals surface area contributed by atoms with Gasteiger partial charge in [-0.15, -0.1) is 0 Å². The van der Waals surface area contributed by atoms with Crippen molar-refractivity contribution in [3.63, 3.8) is 0 Å². The Balaban J connectivity index is 1.45. The highest BCUT2D eigenvalue weighted by Gasteiger charge is 2.11. The van der Waals surface area contributed by atoms with Gasteiger partial charge in [0.1, 0.15) is 5.75 Å². The van der Waals surface area contributed by atoms with E-state index < -0.39 is 0 Å². The molecule has 0 aliphatic carbocycles. The average molecular weight is 363 g/mol. The molecule has 5 heteroatoms. The van der Waals surface area contributed by atoms with Gasteiger partial charge in [0.15, 0.2) is 0 Å². The highest BCUT2D eigenvalue weighted by molar-refractivity contribution is 5.84. The second-order valence-corrected chi connectivity index (χ2v) is 7.08. The summed E-state index contributed by atoms with van der Waals surface area (Å²) in [5.41, 5.74) is 10.3. The van der Waals surface area contributed by atoms with Gasteiger partial charge in [-0.05, 0) is 41.7 Å². The van der Waals surface area contributed by atoms with Gasteiger partial charge in [-0.1, -0.05) is 30.3 Å². The fourth-order valence-corrected chi connectivity index (χ4v) is 3.74. The van der Waals surface area contributed by atoms with E-state index in [9.17, 15) is 4.79 Å². The summed E-state index contributed by atoms with van der Waals surface area (Å²) >= 11 is 0. The zero-order valence-corrected chi connectivity index (χ0v) is 15.4. The van der Waals surface area contributed by atoms with Crippen LogP contribution in [0.1, 0.15) is 29.5 Å². The number of carbonyl (C=O) groups excluding carboxylic acids is 1. The lowest BCUT2D eigenvalue weighted by molar-refractivity contribution is -0.118. The van der Waals surface area contributed by atoms with Gasteiger partial charge < -0.3 is 20.4 Å². The number of amides is 1. The van der Waals surface area contributed by atoms with Crippen molar-refractivity contribution in [1.82, 2.24) is 9.88 Å². The maximum Gasteiger partial charge on any atom is 0.219 e. The minimum absolute atomic E-state index is 0.274. The molecule has 0 spiro atoms. The fourth-order valence-electron chi connectivity index (χ4n) is 3.74. The molecule has 0 fully saturated rings. The van der Waals surface area contributed by atoms with E-state index in [1.807, 2.05) is 12.1 Å². The van der Waals surface area contributed by atoms with Crippen molar-refractivity contribution < 1.29 is 9.53 Å². The maximum atomic E-state index is 11.1. The third-order valence-corrected chi connectivity index (χ3v) is 5.09. The largest absolute Gasteiger partial charge is 0.493 e. The molecule has 0 bridgehead atoms. The van der Waals surface area contributed by atoms with Gasteiger partial charge in [0.05, 0.1) is 6.61 Å². The molecule has 27 heavy (non-hydrogen) atoms. The second-order valence-electron chi connectivity index (χ2n) is 7.08. The van der Waals surface area contributed by atoms with E-state index in [0.717, 1.165) is 43.8 Å². The number of nitrogens with zero attached hydrogens (tertiary/aromatic N) is 1. The summed E-state index contributed by atoms with van der Waals surface area (Å²) in [5, 5.41) is 4.77. The van der Waals surface area contributed by atoms with Crippen molar-refractivity contribution >= 4 is 16.8 Å². The first-order valence-electron chi connectivity index (χ1n) is 9.51. The molecule has 3 N–H and O–H groups in total. The van der Waals surface area contributed by atoms with Crippen LogP contribution in [0.3, 0.4) is 0 Å². The van der Waals surface area contributed by atoms with Crippen LogP contribution in [0.5, 0.6) is 5.75 Å². The molecular formula is C22H25N3O2. The van der Waals surface area contributed by atoms with Crippen LogP contribution < -0.4 is 15.8 Å². The van der Waals surface area contributed by atoms with Crippen molar-refractivity contribution in [3.05, 3.63) is 65.4 Å². The third-order valence-electron chi connectivity index (χ3n) is 5.09. The molecule has 0 saturated carbocycles. The number of para-hydroxylation sites is 1. The number of nitrogens with one attached hydrogen (secondary N) is 1. The fraction of sp³-hybridized carbons (Fsp3) is 0.318. The predicted octanol–water partition coefficient (Wildman–Crippen LogP) is 3.13. The number of hydrogen-bond acceptors (Lipinski definition) is 3. The van der Waals surface area contributed by atoms with Crippen LogP contribution in [-0.4, -0.2) is 17.1 Å². The van der Waals surface area contributed by atoms with E-state index in [4.69, 9.17) is 10.5 Å². The zero-order chi connectivity index (χ0) is 18.6. The van der Waals surface area contributed by atoms with Crippen LogP contribution in [0.15, 0.2) is 48.7 Å². The smallest absolute Gasteiger partial charge is 0.219 e. The van der Waals surface area contributed by atoms with Crippen molar-refractivity contribution in [2.24, 2.45) is 5.73 Å². The van der Waals surface area contributed by atoms with Gasteiger partial charge in [0.2, 0.25) is 5.91 Å². The van der Waals surface area contributed by atoms with E-state index >= 15 is 0 Å². The number of hydrogen-bond donors (Lipinski definition) is 2. The topological polar surface area (TPSA) is 69.3 Å². The number of fused-ring (bicyclic) bond motifs is 2. The van der Waals surface area contributed by atoms with Gasteiger partial charge in [0, 0.05) is 43.2 Å². The summed E-state index contributed by atoms with van der Waals surface area (Å²) in [6.07, 6.45) is 4.66. The molecule has 0 unspecified atom stereocenters. The Hall–Kier alpha value is -2.79. The first-order chi connectivity index (χ1) is 13.2. The molecule has 0 saturated heterocycles. The molecule has 0 atom stereocenters. The predicted molar refractivity (Wildman–Crippen MR) is 107 cm³/mol. The van der Waals surface area contributed by atoms with Crippen molar-refractivity contribution in [2.75, 3.05) is 6.61 Å². The number of carbonyl (C=O) groups is 1. The number of benzene rings is 2. The summed E-state index contributed by atoms with van der Waals surface area (Å²) in [5.74, 6) is 0.756. The molecule has 4 rings (SSSR count). The molecule has 1 aliphatic rings. The summed E-state index contributed by atoms with van der Waals surface area (Å²) in [6, 6.07) is 14.8. The number of aryl methyl sites for hydroxylation is 2. The number of aromatic nitrogens is 1. The van der Waals surface area contributed by atoms with Crippen LogP contribution in [0.2, 0.25) is 0 Å². The number of ether oxygens (including phenoxy) is 1. The molecule has 2 aromatic carbocycles. The molecular weight excluding hydrogens is 338 g/mol. The van der Waals surface area contributed by atoms with E-state index in [1.54, 1.807) is 0 Å². The van der Waals surface area contributed by atoms with Crippen LogP contribution in [0.4, 0.5) is 0 Å². The Bertz CT molecular complexity index is 961. The number of primary amides is 1. The van der Waals surface area contributed by atoms with Gasteiger partial charge in [0.25, 0.3) is 0 Å². The molecule has 1 aromatic heterocycles. The quantitative estimate of drug-likeness (QED) is 0.678. The van der Waals surface area contributed by atoms with Gasteiger partial charge in [-0.2, -0.15) is 0 Å². The lowest BCUT2D eigenvalue weighted by atomic mass is 10.0. The second kappa shape index (κ2) is 7.84. The summed E-state index contributed by atoms with van der Waals surface area (Å²) in [7, 11) is 0. The van der Waals surface area contributed by atoms with Gasteiger partial charge in [-0.3, -0.25) is 4.79 Å². The number of nitrogens with two attached hydrogens (primary N) is 1. The molecule has 140 valence electrons. The van der Waals surface area contributed by atoms with Crippen LogP contribution in [-0.2, 0) is 30.8 Å². The molecule has 1 aliphatic heterocycles. The van der Waals surface area contributed by atoms with Crippen molar-refractivity contribution in [3.8, 4) is 5.75 Å². The SMILES string of the molecule is NC(=O)CCn1cc(CNCc2ccc3c(c2)CCCO3)c2ccccc21. The molecule has 5 nitrogen and oxygen atoms in total. The Morgan fingerprint density at radius 3 is 2.96 bits per heavy atom. The van der Waals surface area contributed by atoms with Crippen LogP contribution in [0.25, 0.3) is 10.9 Å². The minimum Gasteiger partial charge on any atom is -0.493 e. The molecule has 0 radical (unpaired) electrons. The Kier molecular flexibility index (Phi) is 5.12. The Labute approximate surface area is 159 Å². The lowest BCUT2D eigenvalue weighted by Crippen LogP contribution is -2.14. The Morgan fingerprint density at radius 2 is 2.07 bits per heavy atom. The van der Waals surface area contributed by atoms with E-state index in [-0.39, 0.29) is 5.91 Å². The third kappa shape index (κ3) is 3.98. The number of rotatable bonds is 7. The van der Waals surface area contributed by atoms with E-state index in [2.05, 4.69) is 46.4 Å². The highest BCUT2D eigenvalue weighted by atomic mass is 16.5. The normalized spacial score (nSPS) is 13.3. The molecule has 1 amide bonds. The van der Waals surface area contributed by atoms with Gasteiger partial charge >= 0.3 is 0 Å². The Morgan fingerprint density at radius 1 is 1.19 bits per heavy atom. The lowest BCUT2D eigenvalue weighted by Gasteiger charge is -2.18. The first kappa shape index (κ1) is 17.6. The highest BCUT2D eigenvalue weighted by Crippen LogP contribution is 2.26. The maximum absolute atomic E-state index is 11.1. The van der Waals surface area contributed by atoms with Crippen LogP contribution in [0, 0.1) is 0 Å². The summed E-state index contributed by atoms with van der Waals surface area (Å²) in [4.78, 5) is 11.1. The zero-order valence-electron chi connectivity index (χ0n) is 15.4. The van der Waals surface area contributed by atoms with Crippen LogP contribution >= 0.6 is 0 Å². The minimum atomic E-state index is -0.274. The van der Waals surface area contributed by atoms with Gasteiger partial charge in [-0.25, -0.2) is 0 Å². The molecule has 2 heterocycles. The standard InChI is InChI=1S/C22H25N3O2/c23-22(26)9-10-25-15-18(19-5-1-2-6-20(19)25)14-24-13-16-7-8-21-17(12-16)4-3-11-27-21/h1-2,5-8,12,15,24H,3-4,9-11,13-14H2,(H2,23,26). The van der Waals surface area contributed by atoms with E-state index in [0.29, 0.717) is 13.0 Å². The average Bonchev–Trinajstić information content (AvgIpc) is 3.04. The monoisotopic (exact) mass is 363 g/mol. The van der Waals surface area contributed by atoms with E-state index in [1.165, 1.54) is 22.1 Å². The van der Waals surface area contributed by atoms with Crippen molar-refractivity contribution in [1.29, 1.82) is 0 Å². The summed E-state index contributed by atoms with van der Waals surface area (Å²) < 4.78 is 7.81. The molecule has 3 aromatic rings. The first-order valence-corrected chi connectivity index (χ1v) is 9.51.